The van der Waals surface area contributed by atoms with Gasteiger partial charge in [-0.25, -0.2) is 0 Å². The van der Waals surface area contributed by atoms with Gasteiger partial charge in [0.2, 0.25) is 0 Å². The molecule has 0 spiro atoms. The molecular weight excluding hydrogens is 236 g/mol. The number of alkyl halides is 1. The molecule has 0 radical (unpaired) electrons. The van der Waals surface area contributed by atoms with E-state index in [4.69, 9.17) is 21.1 Å². The molecule has 3 heteroatoms. The number of ether oxygens (including phenoxy) is 2. The zero-order chi connectivity index (χ0) is 12.2. The highest BCUT2D eigenvalue weighted by molar-refractivity contribution is 6.17. The number of unbranched alkanes of at least 4 members (excludes halogenated alkanes) is 7. The first-order valence-corrected chi connectivity index (χ1v) is 7.68. The van der Waals surface area contributed by atoms with Crippen LogP contribution in [-0.2, 0) is 9.47 Å². The van der Waals surface area contributed by atoms with Crippen LogP contribution in [0.5, 0.6) is 0 Å². The van der Waals surface area contributed by atoms with Crippen molar-refractivity contribution in [3.63, 3.8) is 0 Å². The molecule has 0 aromatic rings. The van der Waals surface area contributed by atoms with Crippen LogP contribution >= 0.6 is 11.6 Å². The maximum absolute atomic E-state index is 5.63. The van der Waals surface area contributed by atoms with Crippen LogP contribution in [0, 0.1) is 5.92 Å². The minimum atomic E-state index is 0.678. The molecule has 1 rings (SSSR count). The molecule has 0 unspecified atom stereocenters. The first-order chi connectivity index (χ1) is 8.43. The van der Waals surface area contributed by atoms with Gasteiger partial charge in [-0.3, -0.25) is 0 Å². The van der Waals surface area contributed by atoms with E-state index in [-0.39, 0.29) is 0 Å². The van der Waals surface area contributed by atoms with E-state index in [9.17, 15) is 0 Å². The number of hydrogen-bond donors (Lipinski definition) is 0. The van der Waals surface area contributed by atoms with Crippen molar-refractivity contribution in [1.82, 2.24) is 0 Å². The maximum Gasteiger partial charge on any atom is 0.0538 e. The molecule has 0 bridgehead atoms. The highest BCUT2D eigenvalue weighted by atomic mass is 35.5. The van der Waals surface area contributed by atoms with Crippen LogP contribution in [0.1, 0.15) is 51.4 Å². The zero-order valence-electron chi connectivity index (χ0n) is 11.0. The molecule has 1 fully saturated rings. The molecular formula is C14H27ClO2. The van der Waals surface area contributed by atoms with E-state index < -0.39 is 0 Å². The third-order valence-corrected chi connectivity index (χ3v) is 3.50. The number of hydrogen-bond acceptors (Lipinski definition) is 2. The fourth-order valence-electron chi connectivity index (χ4n) is 1.99. The third-order valence-electron chi connectivity index (χ3n) is 3.23. The summed E-state index contributed by atoms with van der Waals surface area (Å²) in [6, 6.07) is 0. The van der Waals surface area contributed by atoms with E-state index in [1.807, 2.05) is 0 Å². The monoisotopic (exact) mass is 262 g/mol. The van der Waals surface area contributed by atoms with Gasteiger partial charge in [0.05, 0.1) is 19.8 Å². The Labute approximate surface area is 111 Å². The summed E-state index contributed by atoms with van der Waals surface area (Å²) in [5.74, 6) is 1.50. The van der Waals surface area contributed by atoms with Gasteiger partial charge in [0.1, 0.15) is 0 Å². The largest absolute Gasteiger partial charge is 0.381 e. The van der Waals surface area contributed by atoms with Crippen molar-refractivity contribution in [2.45, 2.75) is 51.4 Å². The van der Waals surface area contributed by atoms with Gasteiger partial charge in [-0.15, -0.1) is 11.6 Å². The van der Waals surface area contributed by atoms with Crippen LogP contribution in [0.15, 0.2) is 0 Å². The average Bonchev–Trinajstić information content (AvgIpc) is 2.28. The van der Waals surface area contributed by atoms with E-state index in [1.54, 1.807) is 0 Å². The molecule has 17 heavy (non-hydrogen) atoms. The summed E-state index contributed by atoms with van der Waals surface area (Å²) in [5, 5.41) is 0. The van der Waals surface area contributed by atoms with Crippen LogP contribution in [-0.4, -0.2) is 32.3 Å². The molecule has 0 atom stereocenters. The second kappa shape index (κ2) is 11.3. The van der Waals surface area contributed by atoms with Crippen LogP contribution in [0.3, 0.4) is 0 Å². The molecule has 102 valence electrons. The Morgan fingerprint density at radius 3 is 2.00 bits per heavy atom. The summed E-state index contributed by atoms with van der Waals surface area (Å²) >= 11 is 5.63. The standard InChI is InChI=1S/C14H27ClO2/c15-9-7-5-3-1-2-4-6-8-10-16-11-14-12-17-13-14/h14H,1-13H2. The minimum Gasteiger partial charge on any atom is -0.381 e. The summed E-state index contributed by atoms with van der Waals surface area (Å²) in [5.41, 5.74) is 0. The summed E-state index contributed by atoms with van der Waals surface area (Å²) in [6.07, 6.45) is 10.5. The molecule has 1 heterocycles. The molecule has 0 aliphatic carbocycles. The quantitative estimate of drug-likeness (QED) is 0.391. The molecule has 0 aromatic carbocycles. The predicted octanol–water partition coefficient (Wildman–Crippen LogP) is 4.01. The first-order valence-electron chi connectivity index (χ1n) is 7.15. The lowest BCUT2D eigenvalue weighted by atomic mass is 10.1. The van der Waals surface area contributed by atoms with Gasteiger partial charge < -0.3 is 9.47 Å². The van der Waals surface area contributed by atoms with Crippen molar-refractivity contribution in [2.24, 2.45) is 5.92 Å². The Kier molecular flexibility index (Phi) is 10.2. The number of halogens is 1. The molecule has 0 aromatic heterocycles. The third kappa shape index (κ3) is 8.87. The van der Waals surface area contributed by atoms with E-state index in [0.717, 1.165) is 32.3 Å². The molecule has 1 aliphatic rings. The maximum atomic E-state index is 5.63. The molecule has 1 aliphatic heterocycles. The van der Waals surface area contributed by atoms with Gasteiger partial charge in [0.25, 0.3) is 0 Å². The lowest BCUT2D eigenvalue weighted by Gasteiger charge is -2.25. The van der Waals surface area contributed by atoms with Gasteiger partial charge in [-0.05, 0) is 12.8 Å². The van der Waals surface area contributed by atoms with E-state index in [2.05, 4.69) is 0 Å². The van der Waals surface area contributed by atoms with Crippen molar-refractivity contribution < 1.29 is 9.47 Å². The van der Waals surface area contributed by atoms with Gasteiger partial charge in [0.15, 0.2) is 0 Å². The molecule has 0 saturated carbocycles. The van der Waals surface area contributed by atoms with Crippen molar-refractivity contribution in [1.29, 1.82) is 0 Å². The van der Waals surface area contributed by atoms with Gasteiger partial charge in [-0.2, -0.15) is 0 Å². The van der Waals surface area contributed by atoms with Crippen molar-refractivity contribution >= 4 is 11.6 Å². The molecule has 0 amide bonds. The minimum absolute atomic E-state index is 0.678. The van der Waals surface area contributed by atoms with Crippen LogP contribution in [0.25, 0.3) is 0 Å². The normalized spacial score (nSPS) is 16.1. The fraction of sp³-hybridized carbons (Fsp3) is 1.00. The summed E-state index contributed by atoms with van der Waals surface area (Å²) in [6.45, 7) is 3.64. The molecule has 1 saturated heterocycles. The van der Waals surface area contributed by atoms with Crippen molar-refractivity contribution in [2.75, 3.05) is 32.3 Å². The SMILES string of the molecule is ClCCCCCCCCCCOCC1COC1. The molecule has 0 N–H and O–H groups in total. The van der Waals surface area contributed by atoms with Gasteiger partial charge >= 0.3 is 0 Å². The van der Waals surface area contributed by atoms with Gasteiger partial charge in [-0.1, -0.05) is 38.5 Å². The van der Waals surface area contributed by atoms with Crippen LogP contribution in [0.4, 0.5) is 0 Å². The Morgan fingerprint density at radius 2 is 1.47 bits per heavy atom. The van der Waals surface area contributed by atoms with Crippen LogP contribution in [0.2, 0.25) is 0 Å². The van der Waals surface area contributed by atoms with Gasteiger partial charge in [0, 0.05) is 18.4 Å². The number of rotatable bonds is 12. The first kappa shape index (κ1) is 15.3. The van der Waals surface area contributed by atoms with Crippen molar-refractivity contribution in [3.05, 3.63) is 0 Å². The second-order valence-electron chi connectivity index (χ2n) is 5.00. The summed E-state index contributed by atoms with van der Waals surface area (Å²) < 4.78 is 10.7. The topological polar surface area (TPSA) is 18.5 Å². The second-order valence-corrected chi connectivity index (χ2v) is 5.37. The summed E-state index contributed by atoms with van der Waals surface area (Å²) in [4.78, 5) is 0. The Bertz CT molecular complexity index is 160. The van der Waals surface area contributed by atoms with E-state index >= 15 is 0 Å². The molecule has 2 nitrogen and oxygen atoms in total. The highest BCUT2D eigenvalue weighted by Gasteiger charge is 2.17. The Morgan fingerprint density at radius 1 is 0.882 bits per heavy atom. The highest BCUT2D eigenvalue weighted by Crippen LogP contribution is 2.11. The zero-order valence-corrected chi connectivity index (χ0v) is 11.7. The predicted molar refractivity (Wildman–Crippen MR) is 72.8 cm³/mol. The average molecular weight is 263 g/mol. The Balaban J connectivity index is 1.64. The Hall–Kier alpha value is 0.210. The smallest absolute Gasteiger partial charge is 0.0538 e. The lowest BCUT2D eigenvalue weighted by molar-refractivity contribution is -0.0718. The fourth-order valence-corrected chi connectivity index (χ4v) is 2.18. The van der Waals surface area contributed by atoms with Crippen LogP contribution < -0.4 is 0 Å². The van der Waals surface area contributed by atoms with E-state index in [1.165, 1.54) is 51.4 Å². The summed E-state index contributed by atoms with van der Waals surface area (Å²) in [7, 11) is 0. The lowest BCUT2D eigenvalue weighted by Crippen LogP contribution is -2.31. The van der Waals surface area contributed by atoms with E-state index in [0.29, 0.717) is 5.92 Å². The van der Waals surface area contributed by atoms with Crippen molar-refractivity contribution in [3.8, 4) is 0 Å².